The molecule has 1 aliphatic heterocycles. The van der Waals surface area contributed by atoms with Crippen LogP contribution < -0.4 is 5.73 Å². The molecule has 2 N–H and O–H groups in total. The second kappa shape index (κ2) is 5.65. The Kier molecular flexibility index (Phi) is 4.14. The van der Waals surface area contributed by atoms with Crippen LogP contribution in [0.3, 0.4) is 0 Å². The Morgan fingerprint density at radius 1 is 1.47 bits per heavy atom. The topological polar surface area (TPSA) is 46.3 Å². The molecular weight excluding hydrogens is 250 g/mol. The maximum Gasteiger partial charge on any atom is 0.222 e. The van der Waals surface area contributed by atoms with Crippen molar-refractivity contribution >= 4 is 5.91 Å². The van der Waals surface area contributed by atoms with Gasteiger partial charge in [-0.3, -0.25) is 4.79 Å². The van der Waals surface area contributed by atoms with Crippen LogP contribution in [0.15, 0.2) is 18.2 Å². The van der Waals surface area contributed by atoms with Crippen molar-refractivity contribution in [1.82, 2.24) is 4.90 Å². The highest BCUT2D eigenvalue weighted by Crippen LogP contribution is 2.24. The van der Waals surface area contributed by atoms with Crippen LogP contribution in [0.25, 0.3) is 0 Å². The highest BCUT2D eigenvalue weighted by Gasteiger charge is 2.30. The van der Waals surface area contributed by atoms with E-state index >= 15 is 0 Å². The molecule has 2 rings (SSSR count). The van der Waals surface area contributed by atoms with Crippen LogP contribution >= 0.6 is 0 Å². The van der Waals surface area contributed by atoms with Crippen LogP contribution in [0.1, 0.15) is 31.4 Å². The maximum absolute atomic E-state index is 13.6. The Balaban J connectivity index is 2.07. The summed E-state index contributed by atoms with van der Waals surface area (Å²) in [6, 6.07) is 2.51. The first-order valence-electron chi connectivity index (χ1n) is 6.49. The fraction of sp³-hybridized carbons (Fsp3) is 0.500. The Hall–Kier alpha value is -1.49. The largest absolute Gasteiger partial charge is 0.340 e. The van der Waals surface area contributed by atoms with E-state index in [9.17, 15) is 13.6 Å². The molecule has 0 aliphatic carbocycles. The zero-order valence-corrected chi connectivity index (χ0v) is 10.9. The number of halogens is 2. The highest BCUT2D eigenvalue weighted by molar-refractivity contribution is 5.78. The van der Waals surface area contributed by atoms with Crippen molar-refractivity contribution in [1.29, 1.82) is 0 Å². The van der Waals surface area contributed by atoms with Crippen LogP contribution in [0.4, 0.5) is 8.78 Å². The molecule has 19 heavy (non-hydrogen) atoms. The fourth-order valence-corrected chi connectivity index (χ4v) is 2.44. The Morgan fingerprint density at radius 2 is 2.21 bits per heavy atom. The number of rotatable bonds is 4. The van der Waals surface area contributed by atoms with Crippen molar-refractivity contribution in [3.8, 4) is 0 Å². The van der Waals surface area contributed by atoms with Crippen molar-refractivity contribution in [3.05, 3.63) is 35.4 Å². The first kappa shape index (κ1) is 13.9. The van der Waals surface area contributed by atoms with Crippen molar-refractivity contribution in [3.63, 3.8) is 0 Å². The average Bonchev–Trinajstić information content (AvgIpc) is 2.73. The standard InChI is InChI=1S/C14H18F2N2O/c1-2-9-5-14(19)18(7-9)8-13(17)11-6-10(15)3-4-12(11)16/h3-4,6,9,13H,2,5,7-8,17H2,1H3. The van der Waals surface area contributed by atoms with E-state index < -0.39 is 17.7 Å². The lowest BCUT2D eigenvalue weighted by Crippen LogP contribution is -2.33. The molecule has 0 aromatic heterocycles. The summed E-state index contributed by atoms with van der Waals surface area (Å²) < 4.78 is 26.7. The SMILES string of the molecule is CCC1CC(=O)N(CC(N)c2cc(F)ccc2F)C1. The number of nitrogens with two attached hydrogens (primary N) is 1. The molecule has 1 heterocycles. The fourth-order valence-electron chi connectivity index (χ4n) is 2.44. The highest BCUT2D eigenvalue weighted by atomic mass is 19.1. The minimum absolute atomic E-state index is 0.0408. The van der Waals surface area contributed by atoms with E-state index in [-0.39, 0.29) is 18.0 Å². The Labute approximate surface area is 111 Å². The van der Waals surface area contributed by atoms with Gasteiger partial charge in [-0.25, -0.2) is 8.78 Å². The third-order valence-corrected chi connectivity index (χ3v) is 3.65. The van der Waals surface area contributed by atoms with E-state index in [1.54, 1.807) is 4.90 Å². The molecule has 2 atom stereocenters. The smallest absolute Gasteiger partial charge is 0.222 e. The lowest BCUT2D eigenvalue weighted by molar-refractivity contribution is -0.127. The lowest BCUT2D eigenvalue weighted by Gasteiger charge is -2.22. The molecule has 1 aliphatic rings. The van der Waals surface area contributed by atoms with Crippen LogP contribution in [0.2, 0.25) is 0 Å². The third-order valence-electron chi connectivity index (χ3n) is 3.65. The van der Waals surface area contributed by atoms with E-state index in [0.29, 0.717) is 18.9 Å². The summed E-state index contributed by atoms with van der Waals surface area (Å²) in [4.78, 5) is 13.4. The van der Waals surface area contributed by atoms with Gasteiger partial charge in [0.15, 0.2) is 0 Å². The second-order valence-corrected chi connectivity index (χ2v) is 5.05. The van der Waals surface area contributed by atoms with E-state index in [1.165, 1.54) is 0 Å². The molecule has 5 heteroatoms. The molecule has 1 saturated heterocycles. The van der Waals surface area contributed by atoms with Gasteiger partial charge < -0.3 is 10.6 Å². The van der Waals surface area contributed by atoms with Crippen molar-refractivity contribution in [2.75, 3.05) is 13.1 Å². The predicted octanol–water partition coefficient (Wildman–Crippen LogP) is 2.22. The molecule has 104 valence electrons. The summed E-state index contributed by atoms with van der Waals surface area (Å²) in [5.74, 6) is -0.671. The van der Waals surface area contributed by atoms with Gasteiger partial charge in [0.2, 0.25) is 5.91 Å². The zero-order chi connectivity index (χ0) is 14.0. The van der Waals surface area contributed by atoms with Gasteiger partial charge in [-0.05, 0) is 24.1 Å². The number of benzene rings is 1. The lowest BCUT2D eigenvalue weighted by atomic mass is 10.1. The summed E-state index contributed by atoms with van der Waals surface area (Å²) in [6.45, 7) is 2.92. The molecule has 0 radical (unpaired) electrons. The van der Waals surface area contributed by atoms with Crippen LogP contribution in [0, 0.1) is 17.6 Å². The van der Waals surface area contributed by atoms with Gasteiger partial charge >= 0.3 is 0 Å². The molecule has 1 aromatic carbocycles. The molecule has 0 bridgehead atoms. The predicted molar refractivity (Wildman–Crippen MR) is 68.3 cm³/mol. The minimum Gasteiger partial charge on any atom is -0.340 e. The molecule has 1 amide bonds. The van der Waals surface area contributed by atoms with Crippen molar-refractivity contribution in [2.45, 2.75) is 25.8 Å². The van der Waals surface area contributed by atoms with Gasteiger partial charge in [-0.2, -0.15) is 0 Å². The van der Waals surface area contributed by atoms with E-state index in [1.807, 2.05) is 6.92 Å². The molecule has 1 aromatic rings. The van der Waals surface area contributed by atoms with Gasteiger partial charge in [0, 0.05) is 25.1 Å². The Morgan fingerprint density at radius 3 is 2.84 bits per heavy atom. The van der Waals surface area contributed by atoms with E-state index in [0.717, 1.165) is 24.6 Å². The number of carbonyl (C=O) groups is 1. The summed E-state index contributed by atoms with van der Waals surface area (Å²) in [5.41, 5.74) is 6.01. The number of hydrogen-bond acceptors (Lipinski definition) is 2. The number of hydrogen-bond donors (Lipinski definition) is 1. The maximum atomic E-state index is 13.6. The zero-order valence-electron chi connectivity index (χ0n) is 10.9. The van der Waals surface area contributed by atoms with Crippen LogP contribution in [0.5, 0.6) is 0 Å². The summed E-state index contributed by atoms with van der Waals surface area (Å²) in [5, 5.41) is 0. The third kappa shape index (κ3) is 3.10. The van der Waals surface area contributed by atoms with Crippen molar-refractivity contribution in [2.24, 2.45) is 11.7 Å². The average molecular weight is 268 g/mol. The molecule has 2 unspecified atom stereocenters. The summed E-state index contributed by atoms with van der Waals surface area (Å²) in [6.07, 6.45) is 1.46. The Bertz CT molecular complexity index is 479. The van der Waals surface area contributed by atoms with Gasteiger partial charge in [-0.1, -0.05) is 13.3 Å². The normalized spacial score (nSPS) is 20.9. The number of nitrogens with zero attached hydrogens (tertiary/aromatic N) is 1. The number of amides is 1. The molecule has 0 saturated carbocycles. The molecule has 1 fully saturated rings. The first-order valence-corrected chi connectivity index (χ1v) is 6.49. The van der Waals surface area contributed by atoms with Crippen LogP contribution in [-0.4, -0.2) is 23.9 Å². The monoisotopic (exact) mass is 268 g/mol. The number of carbonyl (C=O) groups excluding carboxylic acids is 1. The molecule has 0 spiro atoms. The van der Waals surface area contributed by atoms with Gasteiger partial charge in [-0.15, -0.1) is 0 Å². The quantitative estimate of drug-likeness (QED) is 0.910. The number of likely N-dealkylation sites (tertiary alicyclic amines) is 1. The first-order chi connectivity index (χ1) is 9.01. The molecule has 3 nitrogen and oxygen atoms in total. The van der Waals surface area contributed by atoms with Gasteiger partial charge in [0.1, 0.15) is 11.6 Å². The van der Waals surface area contributed by atoms with E-state index in [2.05, 4.69) is 0 Å². The van der Waals surface area contributed by atoms with Gasteiger partial charge in [0.05, 0.1) is 6.04 Å². The van der Waals surface area contributed by atoms with E-state index in [4.69, 9.17) is 5.73 Å². The second-order valence-electron chi connectivity index (χ2n) is 5.05. The minimum atomic E-state index is -0.699. The van der Waals surface area contributed by atoms with Crippen molar-refractivity contribution < 1.29 is 13.6 Å². The summed E-state index contributed by atoms with van der Waals surface area (Å²) in [7, 11) is 0. The van der Waals surface area contributed by atoms with Gasteiger partial charge in [0.25, 0.3) is 0 Å². The molecular formula is C14H18F2N2O. The van der Waals surface area contributed by atoms with Crippen LogP contribution in [-0.2, 0) is 4.79 Å². The summed E-state index contributed by atoms with van der Waals surface area (Å²) >= 11 is 0.